The number of anilines is 2. The summed E-state index contributed by atoms with van der Waals surface area (Å²) in [6.07, 6.45) is 5.12. The summed E-state index contributed by atoms with van der Waals surface area (Å²) < 4.78 is 1.83. The molecule has 0 fully saturated rings. The molecule has 0 aliphatic carbocycles. The second kappa shape index (κ2) is 5.01. The minimum atomic E-state index is 0.128. The first-order valence-corrected chi connectivity index (χ1v) is 5.55. The number of nitrogens with one attached hydrogen (secondary N) is 1. The lowest BCUT2D eigenvalue weighted by Crippen LogP contribution is -2.23. The third-order valence-corrected chi connectivity index (χ3v) is 2.37. The predicted octanol–water partition coefficient (Wildman–Crippen LogP) is 1.41. The van der Waals surface area contributed by atoms with E-state index in [9.17, 15) is 0 Å². The molecular weight excluding hydrogens is 240 g/mol. The van der Waals surface area contributed by atoms with Crippen molar-refractivity contribution in [2.45, 2.75) is 19.5 Å². The smallest absolute Gasteiger partial charge is 0.224 e. The van der Waals surface area contributed by atoms with E-state index in [1.165, 1.54) is 6.20 Å². The van der Waals surface area contributed by atoms with Gasteiger partial charge in [0, 0.05) is 18.4 Å². The van der Waals surface area contributed by atoms with Crippen molar-refractivity contribution in [1.82, 2.24) is 19.7 Å². The summed E-state index contributed by atoms with van der Waals surface area (Å²) in [7, 11) is 0. The Morgan fingerprint density at radius 1 is 1.59 bits per heavy atom. The van der Waals surface area contributed by atoms with Crippen LogP contribution in [0.5, 0.6) is 0 Å². The molecular formula is C10H13ClN6. The SMILES string of the molecule is CC(Cn1cccn1)Nc1nc(Cl)ncc1N. The van der Waals surface area contributed by atoms with Gasteiger partial charge in [-0.1, -0.05) is 0 Å². The van der Waals surface area contributed by atoms with Gasteiger partial charge in [-0.3, -0.25) is 4.68 Å². The van der Waals surface area contributed by atoms with Crippen molar-refractivity contribution in [3.8, 4) is 0 Å². The van der Waals surface area contributed by atoms with Crippen LogP contribution in [0.4, 0.5) is 11.5 Å². The number of aromatic nitrogens is 4. The lowest BCUT2D eigenvalue weighted by Gasteiger charge is -2.15. The van der Waals surface area contributed by atoms with E-state index in [0.717, 1.165) is 0 Å². The first kappa shape index (κ1) is 11.7. The van der Waals surface area contributed by atoms with Gasteiger partial charge < -0.3 is 11.1 Å². The van der Waals surface area contributed by atoms with E-state index in [1.807, 2.05) is 23.9 Å². The molecule has 0 radical (unpaired) electrons. The molecule has 0 aliphatic rings. The largest absolute Gasteiger partial charge is 0.394 e. The van der Waals surface area contributed by atoms with Gasteiger partial charge in [0.05, 0.1) is 18.4 Å². The maximum Gasteiger partial charge on any atom is 0.224 e. The van der Waals surface area contributed by atoms with Crippen molar-refractivity contribution >= 4 is 23.1 Å². The first-order valence-electron chi connectivity index (χ1n) is 5.17. The zero-order valence-corrected chi connectivity index (χ0v) is 10.1. The van der Waals surface area contributed by atoms with E-state index in [2.05, 4.69) is 20.4 Å². The summed E-state index contributed by atoms with van der Waals surface area (Å²) in [5.74, 6) is 0.546. The van der Waals surface area contributed by atoms with E-state index in [0.29, 0.717) is 18.1 Å². The van der Waals surface area contributed by atoms with Gasteiger partial charge >= 0.3 is 0 Å². The summed E-state index contributed by atoms with van der Waals surface area (Å²) in [6, 6.07) is 2.01. The molecule has 0 amide bonds. The summed E-state index contributed by atoms with van der Waals surface area (Å²) in [5.41, 5.74) is 6.22. The van der Waals surface area contributed by atoms with Gasteiger partial charge in [-0.2, -0.15) is 10.1 Å². The molecule has 2 aromatic rings. The van der Waals surface area contributed by atoms with Crippen molar-refractivity contribution < 1.29 is 0 Å². The molecule has 0 bridgehead atoms. The Labute approximate surface area is 104 Å². The van der Waals surface area contributed by atoms with Crippen LogP contribution < -0.4 is 11.1 Å². The molecule has 2 rings (SSSR count). The zero-order chi connectivity index (χ0) is 12.3. The fourth-order valence-corrected chi connectivity index (χ4v) is 1.59. The normalized spacial score (nSPS) is 12.4. The third-order valence-electron chi connectivity index (χ3n) is 2.19. The summed E-state index contributed by atoms with van der Waals surface area (Å²) in [5, 5.41) is 7.47. The Bertz CT molecular complexity index is 484. The molecule has 0 spiro atoms. The van der Waals surface area contributed by atoms with E-state index < -0.39 is 0 Å². The average Bonchev–Trinajstić information content (AvgIpc) is 2.76. The van der Waals surface area contributed by atoms with Crippen molar-refractivity contribution in [2.75, 3.05) is 11.1 Å². The van der Waals surface area contributed by atoms with Crippen LogP contribution in [0.2, 0.25) is 5.28 Å². The molecule has 0 saturated heterocycles. The molecule has 2 heterocycles. The zero-order valence-electron chi connectivity index (χ0n) is 9.34. The van der Waals surface area contributed by atoms with Gasteiger partial charge in [0.15, 0.2) is 5.82 Å². The molecule has 7 heteroatoms. The summed E-state index contributed by atoms with van der Waals surface area (Å²) in [6.45, 7) is 2.73. The maximum absolute atomic E-state index is 5.74. The van der Waals surface area contributed by atoms with Gasteiger partial charge in [-0.25, -0.2) is 4.98 Å². The van der Waals surface area contributed by atoms with Crippen LogP contribution in [0.3, 0.4) is 0 Å². The fourth-order valence-electron chi connectivity index (χ4n) is 1.45. The molecule has 0 aliphatic heterocycles. The Morgan fingerprint density at radius 3 is 3.12 bits per heavy atom. The van der Waals surface area contributed by atoms with Crippen LogP contribution in [0.25, 0.3) is 0 Å². The quantitative estimate of drug-likeness (QED) is 0.804. The van der Waals surface area contributed by atoms with Crippen LogP contribution in [0.1, 0.15) is 6.92 Å². The monoisotopic (exact) mass is 252 g/mol. The Kier molecular flexibility index (Phi) is 3.43. The summed E-state index contributed by atoms with van der Waals surface area (Å²) in [4.78, 5) is 7.82. The highest BCUT2D eigenvalue weighted by molar-refractivity contribution is 6.28. The van der Waals surface area contributed by atoms with Gasteiger partial charge in [-0.05, 0) is 24.6 Å². The molecule has 3 N–H and O–H groups in total. The minimum absolute atomic E-state index is 0.128. The number of rotatable bonds is 4. The predicted molar refractivity (Wildman–Crippen MR) is 66.8 cm³/mol. The van der Waals surface area contributed by atoms with Gasteiger partial charge in [0.2, 0.25) is 5.28 Å². The molecule has 0 saturated carbocycles. The second-order valence-corrected chi connectivity index (χ2v) is 4.05. The average molecular weight is 253 g/mol. The van der Waals surface area contributed by atoms with Crippen LogP contribution >= 0.6 is 11.6 Å². The fraction of sp³-hybridized carbons (Fsp3) is 0.300. The standard InChI is InChI=1S/C10H13ClN6/c1-7(6-17-4-2-3-14-17)15-9-8(12)5-13-10(11)16-9/h2-5,7H,6,12H2,1H3,(H,13,15,16). The number of nitrogens with two attached hydrogens (primary N) is 1. The highest BCUT2D eigenvalue weighted by atomic mass is 35.5. The Balaban J connectivity index is 2.02. The van der Waals surface area contributed by atoms with Gasteiger partial charge in [0.1, 0.15) is 0 Å². The van der Waals surface area contributed by atoms with E-state index in [4.69, 9.17) is 17.3 Å². The topological polar surface area (TPSA) is 81.7 Å². The molecule has 2 aromatic heterocycles. The van der Waals surface area contributed by atoms with Crippen molar-refractivity contribution in [1.29, 1.82) is 0 Å². The highest BCUT2D eigenvalue weighted by Crippen LogP contribution is 2.16. The van der Waals surface area contributed by atoms with Crippen LogP contribution in [0, 0.1) is 0 Å². The number of nitrogens with zero attached hydrogens (tertiary/aromatic N) is 4. The summed E-state index contributed by atoms with van der Waals surface area (Å²) >= 11 is 5.71. The first-order chi connectivity index (χ1) is 8.15. The van der Waals surface area contributed by atoms with Crippen LogP contribution in [0.15, 0.2) is 24.7 Å². The molecule has 0 aromatic carbocycles. The molecule has 17 heavy (non-hydrogen) atoms. The Morgan fingerprint density at radius 2 is 2.41 bits per heavy atom. The lowest BCUT2D eigenvalue weighted by molar-refractivity contribution is 0.560. The van der Waals surface area contributed by atoms with E-state index in [-0.39, 0.29) is 11.3 Å². The molecule has 1 unspecified atom stereocenters. The van der Waals surface area contributed by atoms with Crippen molar-refractivity contribution in [2.24, 2.45) is 0 Å². The number of nitrogen functional groups attached to an aromatic ring is 1. The van der Waals surface area contributed by atoms with Crippen LogP contribution in [-0.4, -0.2) is 25.8 Å². The number of hydrogen-bond donors (Lipinski definition) is 2. The number of halogens is 1. The molecule has 90 valence electrons. The highest BCUT2D eigenvalue weighted by Gasteiger charge is 2.08. The van der Waals surface area contributed by atoms with Crippen molar-refractivity contribution in [3.63, 3.8) is 0 Å². The van der Waals surface area contributed by atoms with E-state index in [1.54, 1.807) is 6.20 Å². The third kappa shape index (κ3) is 3.07. The second-order valence-electron chi connectivity index (χ2n) is 3.72. The van der Waals surface area contributed by atoms with Gasteiger partial charge in [-0.15, -0.1) is 0 Å². The molecule has 6 nitrogen and oxygen atoms in total. The maximum atomic E-state index is 5.74. The molecule has 1 atom stereocenters. The van der Waals surface area contributed by atoms with Crippen LogP contribution in [-0.2, 0) is 6.54 Å². The lowest BCUT2D eigenvalue weighted by atomic mass is 10.3. The minimum Gasteiger partial charge on any atom is -0.394 e. The number of hydrogen-bond acceptors (Lipinski definition) is 5. The van der Waals surface area contributed by atoms with Crippen molar-refractivity contribution in [3.05, 3.63) is 29.9 Å². The van der Waals surface area contributed by atoms with Gasteiger partial charge in [0.25, 0.3) is 0 Å². The Hall–Kier alpha value is -1.82. The van der Waals surface area contributed by atoms with E-state index >= 15 is 0 Å².